The Balaban J connectivity index is 3.22. The van der Waals surface area contributed by atoms with Crippen LogP contribution in [-0.2, 0) is 0 Å². The van der Waals surface area contributed by atoms with E-state index in [0.29, 0.717) is 0 Å². The average molecular weight is 193 g/mol. The lowest BCUT2D eigenvalue weighted by Crippen LogP contribution is -2.15. The van der Waals surface area contributed by atoms with Crippen LogP contribution in [-0.4, -0.2) is 11.3 Å². The lowest BCUT2D eigenvalue weighted by Gasteiger charge is -2.18. The van der Waals surface area contributed by atoms with Crippen molar-refractivity contribution < 1.29 is 5.11 Å². The topological polar surface area (TPSA) is 32.3 Å². The van der Waals surface area contributed by atoms with Gasteiger partial charge in [-0.05, 0) is 56.9 Å². The maximum absolute atomic E-state index is 9.30. The van der Waals surface area contributed by atoms with Crippen LogP contribution in [0.3, 0.4) is 0 Å². The second-order valence-corrected chi connectivity index (χ2v) is 3.96. The van der Waals surface area contributed by atoms with Crippen molar-refractivity contribution in [3.63, 3.8) is 0 Å². The van der Waals surface area contributed by atoms with Crippen molar-refractivity contribution in [1.29, 1.82) is 0 Å². The van der Waals surface area contributed by atoms with Crippen LogP contribution in [0.2, 0.25) is 0 Å². The molecule has 1 aromatic rings. The predicted octanol–water partition coefficient (Wildman–Crippen LogP) is 2.67. The molecule has 0 saturated carbocycles. The van der Waals surface area contributed by atoms with Gasteiger partial charge in [0.2, 0.25) is 0 Å². The normalized spacial score (nSPS) is 12.7. The summed E-state index contributed by atoms with van der Waals surface area (Å²) in [5.74, 6) is 0. The molecule has 78 valence electrons. The van der Waals surface area contributed by atoms with Gasteiger partial charge in [-0.2, -0.15) is 0 Å². The van der Waals surface area contributed by atoms with Gasteiger partial charge in [-0.1, -0.05) is 6.07 Å². The zero-order chi connectivity index (χ0) is 10.9. The highest BCUT2D eigenvalue weighted by Gasteiger charge is 2.08. The molecule has 1 rings (SSSR count). The molecule has 1 unspecified atom stereocenters. The summed E-state index contributed by atoms with van der Waals surface area (Å²) in [4.78, 5) is 0. The number of aliphatic hydroxyl groups excluding tert-OH is 1. The van der Waals surface area contributed by atoms with Crippen LogP contribution in [0, 0.1) is 27.7 Å². The first-order chi connectivity index (χ1) is 6.43. The smallest absolute Gasteiger partial charge is 0.121 e. The van der Waals surface area contributed by atoms with Gasteiger partial charge in [-0.3, -0.25) is 0 Å². The van der Waals surface area contributed by atoms with Gasteiger partial charge in [-0.25, -0.2) is 0 Å². The summed E-state index contributed by atoms with van der Waals surface area (Å²) >= 11 is 0. The third-order valence-corrected chi connectivity index (χ3v) is 2.71. The molecule has 0 saturated heterocycles. The molecule has 2 N–H and O–H groups in total. The summed E-state index contributed by atoms with van der Waals surface area (Å²) in [6.45, 7) is 10.1. The number of hydrogen-bond acceptors (Lipinski definition) is 2. The first kappa shape index (κ1) is 11.1. The molecule has 0 aliphatic rings. The highest BCUT2D eigenvalue weighted by molar-refractivity contribution is 5.61. The predicted molar refractivity (Wildman–Crippen MR) is 60.7 cm³/mol. The number of nitrogens with one attached hydrogen (secondary N) is 1. The number of aliphatic hydroxyl groups is 1. The van der Waals surface area contributed by atoms with Crippen molar-refractivity contribution in [2.45, 2.75) is 40.8 Å². The minimum atomic E-state index is -0.505. The molecule has 0 amide bonds. The Morgan fingerprint density at radius 1 is 1.07 bits per heavy atom. The summed E-state index contributed by atoms with van der Waals surface area (Å²) in [7, 11) is 0. The quantitative estimate of drug-likeness (QED) is 0.708. The lowest BCUT2D eigenvalue weighted by atomic mass is 9.98. The van der Waals surface area contributed by atoms with Gasteiger partial charge in [0.1, 0.15) is 6.23 Å². The van der Waals surface area contributed by atoms with E-state index in [-0.39, 0.29) is 0 Å². The summed E-state index contributed by atoms with van der Waals surface area (Å²) < 4.78 is 0. The van der Waals surface area contributed by atoms with E-state index in [9.17, 15) is 5.11 Å². The number of aryl methyl sites for hydroxylation is 2. The van der Waals surface area contributed by atoms with Crippen molar-refractivity contribution in [1.82, 2.24) is 0 Å². The number of anilines is 1. The molecule has 0 aliphatic carbocycles. The summed E-state index contributed by atoms with van der Waals surface area (Å²) in [5, 5.41) is 12.4. The Labute approximate surface area is 86.0 Å². The Bertz CT molecular complexity index is 343. The molecule has 1 aromatic carbocycles. The van der Waals surface area contributed by atoms with E-state index in [1.165, 1.54) is 22.3 Å². The molecular formula is C12H19NO. The fourth-order valence-corrected chi connectivity index (χ4v) is 1.72. The van der Waals surface area contributed by atoms with Crippen molar-refractivity contribution in [3.05, 3.63) is 28.3 Å². The highest BCUT2D eigenvalue weighted by Crippen LogP contribution is 2.26. The van der Waals surface area contributed by atoms with E-state index in [4.69, 9.17) is 0 Å². The molecule has 0 fully saturated rings. The molecule has 1 atom stereocenters. The van der Waals surface area contributed by atoms with Gasteiger partial charge >= 0.3 is 0 Å². The van der Waals surface area contributed by atoms with Crippen LogP contribution < -0.4 is 5.32 Å². The maximum atomic E-state index is 9.30. The van der Waals surface area contributed by atoms with Gasteiger partial charge in [0.05, 0.1) is 0 Å². The second-order valence-electron chi connectivity index (χ2n) is 3.96. The summed E-state index contributed by atoms with van der Waals surface area (Å²) in [6.07, 6.45) is -0.505. The summed E-state index contributed by atoms with van der Waals surface area (Å²) in [5.41, 5.74) is 6.06. The van der Waals surface area contributed by atoms with Crippen molar-refractivity contribution in [2.75, 3.05) is 5.32 Å². The lowest BCUT2D eigenvalue weighted by molar-refractivity contribution is 0.224. The Morgan fingerprint density at radius 3 is 2.14 bits per heavy atom. The van der Waals surface area contributed by atoms with Gasteiger partial charge < -0.3 is 10.4 Å². The van der Waals surface area contributed by atoms with Gasteiger partial charge in [-0.15, -0.1) is 0 Å². The Morgan fingerprint density at radius 2 is 1.64 bits per heavy atom. The van der Waals surface area contributed by atoms with Crippen molar-refractivity contribution >= 4 is 5.69 Å². The van der Waals surface area contributed by atoms with Gasteiger partial charge in [0.15, 0.2) is 0 Å². The molecule has 2 heteroatoms. The van der Waals surface area contributed by atoms with Crippen molar-refractivity contribution in [3.8, 4) is 0 Å². The van der Waals surface area contributed by atoms with Crippen LogP contribution in [0.25, 0.3) is 0 Å². The first-order valence-corrected chi connectivity index (χ1v) is 4.95. The third kappa shape index (κ3) is 2.07. The largest absolute Gasteiger partial charge is 0.374 e. The van der Waals surface area contributed by atoms with Crippen LogP contribution in [0.4, 0.5) is 5.69 Å². The minimum absolute atomic E-state index is 0.505. The molecular weight excluding hydrogens is 174 g/mol. The fraction of sp³-hybridized carbons (Fsp3) is 0.500. The molecule has 2 nitrogen and oxygen atoms in total. The van der Waals surface area contributed by atoms with Crippen LogP contribution >= 0.6 is 0 Å². The first-order valence-electron chi connectivity index (χ1n) is 4.95. The molecule has 0 spiro atoms. The standard InChI is InChI=1S/C12H19NO/c1-7-6-8(2)12(13-11(5)14)10(4)9(7)3/h6,11,13-14H,1-5H3. The summed E-state index contributed by atoms with van der Waals surface area (Å²) in [6, 6.07) is 2.15. The number of benzene rings is 1. The highest BCUT2D eigenvalue weighted by atomic mass is 16.3. The SMILES string of the molecule is Cc1cc(C)c(NC(C)O)c(C)c1C. The molecule has 0 heterocycles. The fourth-order valence-electron chi connectivity index (χ4n) is 1.72. The number of hydrogen-bond donors (Lipinski definition) is 2. The van der Waals surface area contributed by atoms with Crippen LogP contribution in [0.15, 0.2) is 6.07 Å². The van der Waals surface area contributed by atoms with Crippen molar-refractivity contribution in [2.24, 2.45) is 0 Å². The van der Waals surface area contributed by atoms with Crippen LogP contribution in [0.1, 0.15) is 29.2 Å². The minimum Gasteiger partial charge on any atom is -0.374 e. The zero-order valence-electron chi connectivity index (χ0n) is 9.60. The van der Waals surface area contributed by atoms with E-state index < -0.39 is 6.23 Å². The molecule has 14 heavy (non-hydrogen) atoms. The molecule has 0 aliphatic heterocycles. The van der Waals surface area contributed by atoms with E-state index in [1.807, 2.05) is 0 Å². The average Bonchev–Trinajstić information content (AvgIpc) is 2.09. The Hall–Kier alpha value is -1.02. The van der Waals surface area contributed by atoms with E-state index in [0.717, 1.165) is 5.69 Å². The molecule has 0 bridgehead atoms. The third-order valence-electron chi connectivity index (χ3n) is 2.71. The second kappa shape index (κ2) is 4.01. The number of rotatable bonds is 2. The Kier molecular flexibility index (Phi) is 3.17. The van der Waals surface area contributed by atoms with E-state index >= 15 is 0 Å². The maximum Gasteiger partial charge on any atom is 0.121 e. The van der Waals surface area contributed by atoms with Gasteiger partial charge in [0.25, 0.3) is 0 Å². The van der Waals surface area contributed by atoms with E-state index in [2.05, 4.69) is 39.1 Å². The van der Waals surface area contributed by atoms with Crippen LogP contribution in [0.5, 0.6) is 0 Å². The monoisotopic (exact) mass is 193 g/mol. The van der Waals surface area contributed by atoms with E-state index in [1.54, 1.807) is 6.92 Å². The van der Waals surface area contributed by atoms with Gasteiger partial charge in [0, 0.05) is 5.69 Å². The zero-order valence-corrected chi connectivity index (χ0v) is 9.60. The molecule has 0 radical (unpaired) electrons. The molecule has 0 aromatic heterocycles.